The van der Waals surface area contributed by atoms with E-state index in [1.165, 1.54) is 0 Å². The van der Waals surface area contributed by atoms with Gasteiger partial charge in [0.2, 0.25) is 0 Å². The van der Waals surface area contributed by atoms with E-state index in [1.54, 1.807) is 0 Å². The Kier molecular flexibility index (Phi) is 9.24. The maximum absolute atomic E-state index is 11.8. The summed E-state index contributed by atoms with van der Waals surface area (Å²) in [5.74, 6) is 0.740. The Morgan fingerprint density at radius 1 is 1.05 bits per heavy atom. The number of hydrogen-bond acceptors (Lipinski definition) is 1. The Morgan fingerprint density at radius 2 is 1.48 bits per heavy atom. The molecule has 0 aromatic heterocycles. The molecule has 0 aliphatic rings. The maximum atomic E-state index is 11.8. The third kappa shape index (κ3) is 9.44. The molecule has 1 nitrogen and oxygen atoms in total. The molecule has 0 heterocycles. The molecule has 122 valence electrons. The second kappa shape index (κ2) is 9.76. The van der Waals surface area contributed by atoms with E-state index in [0.717, 1.165) is 12.0 Å². The van der Waals surface area contributed by atoms with Crippen LogP contribution in [0.1, 0.15) is 50.9 Å². The quantitative estimate of drug-likeness (QED) is 0.414. The Balaban J connectivity index is 0.000000562. The molecule has 0 saturated heterocycles. The summed E-state index contributed by atoms with van der Waals surface area (Å²) < 4.78 is 0. The van der Waals surface area contributed by atoms with E-state index in [1.807, 2.05) is 54.6 Å². The van der Waals surface area contributed by atoms with Crippen LogP contribution < -0.4 is 0 Å². The standard InChI is InChI=1S/C14H21O.C5H5.Fe/c1-11(10-14(2,3)4)9-13(15)12-7-5-6-8-12;1-2-4-5-3-1;/h5-8,11H,9-10H2,1-4H3;1-5H;/q-1;-5;. The number of carbonyl (C=O) groups excluding carboxylic acids is 1. The van der Waals surface area contributed by atoms with Crippen LogP contribution in [0.3, 0.4) is 0 Å². The van der Waals surface area contributed by atoms with Crippen LogP contribution in [0.2, 0.25) is 0 Å². The molecule has 2 aromatic carbocycles. The number of carbonyl (C=O) groups is 1. The first-order chi connectivity index (χ1) is 9.38. The van der Waals surface area contributed by atoms with Gasteiger partial charge in [0.25, 0.3) is 0 Å². The summed E-state index contributed by atoms with van der Waals surface area (Å²) in [6.07, 6.45) is 1.76. The first-order valence-corrected chi connectivity index (χ1v) is 7.30. The van der Waals surface area contributed by atoms with Crippen LogP contribution >= 0.6 is 0 Å². The van der Waals surface area contributed by atoms with Crippen molar-refractivity contribution >= 4 is 5.78 Å². The van der Waals surface area contributed by atoms with Crippen molar-refractivity contribution in [3.63, 3.8) is 0 Å². The van der Waals surface area contributed by atoms with Gasteiger partial charge in [-0.25, -0.2) is 12.1 Å². The van der Waals surface area contributed by atoms with Gasteiger partial charge in [0.05, 0.1) is 0 Å². The largest absolute Gasteiger partial charge is 0.748 e. The zero-order valence-electron chi connectivity index (χ0n) is 13.4. The topological polar surface area (TPSA) is 17.1 Å². The van der Waals surface area contributed by atoms with Gasteiger partial charge in [0.15, 0.2) is 0 Å². The third-order valence-electron chi connectivity index (χ3n) is 3.03. The van der Waals surface area contributed by atoms with Gasteiger partial charge < -0.3 is 35.1 Å². The third-order valence-corrected chi connectivity index (χ3v) is 3.03. The van der Waals surface area contributed by atoms with Crippen molar-refractivity contribution in [3.05, 3.63) is 60.2 Å². The predicted molar refractivity (Wildman–Crippen MR) is 86.3 cm³/mol. The minimum Gasteiger partial charge on any atom is -0.748 e. The van der Waals surface area contributed by atoms with E-state index in [2.05, 4.69) is 27.7 Å². The molecule has 0 aliphatic carbocycles. The Bertz CT molecular complexity index is 443. The molecule has 2 heteroatoms. The average Bonchev–Trinajstić information content (AvgIpc) is 3.03. The first-order valence-electron chi connectivity index (χ1n) is 7.30. The van der Waals surface area contributed by atoms with E-state index in [4.69, 9.17) is 0 Å². The minimum absolute atomic E-state index is 0. The minimum atomic E-state index is 0. The molecule has 21 heavy (non-hydrogen) atoms. The zero-order valence-corrected chi connectivity index (χ0v) is 14.6. The fourth-order valence-electron chi connectivity index (χ4n) is 2.43. The molecular weight excluding hydrogens is 300 g/mol. The van der Waals surface area contributed by atoms with Crippen LogP contribution in [0, 0.1) is 11.3 Å². The molecular formula is C19H26FeO-6. The van der Waals surface area contributed by atoms with E-state index in [0.29, 0.717) is 17.8 Å². The van der Waals surface area contributed by atoms with Crippen molar-refractivity contribution in [1.29, 1.82) is 0 Å². The zero-order chi connectivity index (χ0) is 15.0. The van der Waals surface area contributed by atoms with E-state index < -0.39 is 0 Å². The summed E-state index contributed by atoms with van der Waals surface area (Å²) in [6, 6.07) is 17.6. The van der Waals surface area contributed by atoms with Crippen LogP contribution in [0.15, 0.2) is 54.6 Å². The average molecular weight is 326 g/mol. The van der Waals surface area contributed by atoms with Crippen LogP contribution in [-0.2, 0) is 17.1 Å². The molecule has 0 radical (unpaired) electrons. The van der Waals surface area contributed by atoms with Crippen molar-refractivity contribution < 1.29 is 21.9 Å². The Labute approximate surface area is 140 Å². The van der Waals surface area contributed by atoms with Crippen LogP contribution in [0.4, 0.5) is 0 Å². The van der Waals surface area contributed by atoms with Gasteiger partial charge in [-0.3, -0.25) is 0 Å². The summed E-state index contributed by atoms with van der Waals surface area (Å²) >= 11 is 0. The van der Waals surface area contributed by atoms with Crippen molar-refractivity contribution in [1.82, 2.24) is 0 Å². The summed E-state index contributed by atoms with van der Waals surface area (Å²) in [6.45, 7) is 8.82. The van der Waals surface area contributed by atoms with E-state index in [9.17, 15) is 4.79 Å². The SMILES string of the molecule is CC(CC(=O)[c-]1cccc1)CC(C)(C)C.[Fe].[cH-]1[cH-][cH-][cH-][cH-]1. The number of rotatable bonds is 4. The molecule has 0 N–H and O–H groups in total. The number of ketones is 1. The molecule has 0 saturated carbocycles. The van der Waals surface area contributed by atoms with Gasteiger partial charge in [0.1, 0.15) is 5.78 Å². The molecule has 0 amide bonds. The molecule has 1 atom stereocenters. The van der Waals surface area contributed by atoms with Gasteiger partial charge in [-0.15, -0.1) is 0 Å². The van der Waals surface area contributed by atoms with Crippen molar-refractivity contribution in [3.8, 4) is 0 Å². The molecule has 0 spiro atoms. The second-order valence-corrected chi connectivity index (χ2v) is 6.63. The van der Waals surface area contributed by atoms with Crippen molar-refractivity contribution in [2.75, 3.05) is 0 Å². The number of hydrogen-bond donors (Lipinski definition) is 0. The molecule has 0 bridgehead atoms. The maximum Gasteiger partial charge on any atom is 0.108 e. The summed E-state index contributed by atoms with van der Waals surface area (Å²) in [4.78, 5) is 11.8. The van der Waals surface area contributed by atoms with Crippen molar-refractivity contribution in [2.45, 2.75) is 40.5 Å². The van der Waals surface area contributed by atoms with Crippen molar-refractivity contribution in [2.24, 2.45) is 11.3 Å². The molecule has 1 unspecified atom stereocenters. The summed E-state index contributed by atoms with van der Waals surface area (Å²) in [7, 11) is 0. The van der Waals surface area contributed by atoms with Gasteiger partial charge >= 0.3 is 0 Å². The molecule has 2 aromatic rings. The summed E-state index contributed by atoms with van der Waals surface area (Å²) in [5, 5.41) is 0. The number of Topliss-reactive ketones (excluding diaryl/α,β-unsaturated/α-hetero) is 1. The van der Waals surface area contributed by atoms with Crippen LogP contribution in [0.25, 0.3) is 0 Å². The van der Waals surface area contributed by atoms with E-state index in [-0.39, 0.29) is 22.9 Å². The fraction of sp³-hybridized carbons (Fsp3) is 0.421. The molecule has 2 rings (SSSR count). The molecule has 0 aliphatic heterocycles. The first kappa shape index (κ1) is 19.9. The normalized spacial score (nSPS) is 11.8. The second-order valence-electron chi connectivity index (χ2n) is 6.63. The van der Waals surface area contributed by atoms with E-state index >= 15 is 0 Å². The predicted octanol–water partition coefficient (Wildman–Crippen LogP) is 5.45. The van der Waals surface area contributed by atoms with Crippen LogP contribution in [0.5, 0.6) is 0 Å². The Hall–Kier alpha value is -1.11. The van der Waals surface area contributed by atoms with Gasteiger partial charge in [-0.05, 0) is 17.8 Å². The fourth-order valence-corrected chi connectivity index (χ4v) is 2.43. The smallest absolute Gasteiger partial charge is 0.108 e. The Morgan fingerprint density at radius 3 is 1.86 bits per heavy atom. The van der Waals surface area contributed by atoms with Crippen LogP contribution in [-0.4, -0.2) is 5.78 Å². The van der Waals surface area contributed by atoms with Gasteiger partial charge in [0, 0.05) is 23.5 Å². The van der Waals surface area contributed by atoms with Gasteiger partial charge in [-0.2, -0.15) is 12.1 Å². The monoisotopic (exact) mass is 326 g/mol. The molecule has 0 fully saturated rings. The summed E-state index contributed by atoms with van der Waals surface area (Å²) in [5.41, 5.74) is 1.17. The van der Waals surface area contributed by atoms with Gasteiger partial charge in [-0.1, -0.05) is 33.3 Å².